The zero-order valence-corrected chi connectivity index (χ0v) is 15.0. The second-order valence-corrected chi connectivity index (χ2v) is 6.61. The summed E-state index contributed by atoms with van der Waals surface area (Å²) < 4.78 is 0. The van der Waals surface area contributed by atoms with Gasteiger partial charge in [0.2, 0.25) is 0 Å². The van der Waals surface area contributed by atoms with Crippen LogP contribution >= 0.6 is 0 Å². The van der Waals surface area contributed by atoms with E-state index in [4.69, 9.17) is 0 Å². The number of fused-ring (bicyclic) bond motifs is 1. The Morgan fingerprint density at radius 3 is 2.96 bits per heavy atom. The average molecular weight is 331 g/mol. The minimum atomic E-state index is 0.0140. The molecule has 1 aromatic rings. The summed E-state index contributed by atoms with van der Waals surface area (Å²) in [4.78, 5) is 19.8. The number of carbonyl (C=O) groups is 1. The third-order valence-electron chi connectivity index (χ3n) is 5.05. The molecule has 24 heavy (non-hydrogen) atoms. The smallest absolute Gasteiger partial charge is 0.317 e. The van der Waals surface area contributed by atoms with Crippen molar-refractivity contribution in [1.29, 1.82) is 0 Å². The molecule has 0 saturated heterocycles. The maximum atomic E-state index is 12.3. The molecule has 0 saturated carbocycles. The number of nitrogens with one attached hydrogen (secondary N) is 3. The van der Waals surface area contributed by atoms with Gasteiger partial charge in [0.15, 0.2) is 0 Å². The Hall–Kier alpha value is -1.95. The van der Waals surface area contributed by atoms with E-state index in [1.807, 2.05) is 18.7 Å². The van der Waals surface area contributed by atoms with Crippen LogP contribution in [0, 0.1) is 0 Å². The highest BCUT2D eigenvalue weighted by molar-refractivity contribution is 5.78. The van der Waals surface area contributed by atoms with E-state index in [2.05, 4.69) is 39.8 Å². The second kappa shape index (κ2) is 7.30. The number of hydrogen-bond donors (Lipinski definition) is 3. The van der Waals surface area contributed by atoms with E-state index in [-0.39, 0.29) is 12.1 Å². The van der Waals surface area contributed by atoms with Crippen LogP contribution in [0.15, 0.2) is 12.3 Å². The molecule has 0 spiro atoms. The van der Waals surface area contributed by atoms with Gasteiger partial charge in [-0.05, 0) is 32.3 Å². The summed E-state index contributed by atoms with van der Waals surface area (Å²) >= 11 is 0. The molecule has 0 unspecified atom stereocenters. The minimum Gasteiger partial charge on any atom is -0.361 e. The van der Waals surface area contributed by atoms with Gasteiger partial charge in [-0.25, -0.2) is 4.79 Å². The van der Waals surface area contributed by atoms with E-state index in [0.717, 1.165) is 39.1 Å². The van der Waals surface area contributed by atoms with Crippen LogP contribution in [0.5, 0.6) is 0 Å². The molecule has 0 aromatic carbocycles. The first-order chi connectivity index (χ1) is 11.6. The summed E-state index contributed by atoms with van der Waals surface area (Å²) in [5, 5.41) is 6.57. The Morgan fingerprint density at radius 2 is 2.21 bits per heavy atom. The minimum absolute atomic E-state index is 0.0140. The Labute approximate surface area is 144 Å². The first-order valence-electron chi connectivity index (χ1n) is 9.02. The third kappa shape index (κ3) is 3.29. The summed E-state index contributed by atoms with van der Waals surface area (Å²) in [6.45, 7) is 8.22. The monoisotopic (exact) mass is 331 g/mol. The van der Waals surface area contributed by atoms with Crippen molar-refractivity contribution in [3.05, 3.63) is 23.4 Å². The summed E-state index contributed by atoms with van der Waals surface area (Å²) in [6.07, 6.45) is 6.65. The van der Waals surface area contributed by atoms with E-state index < -0.39 is 0 Å². The lowest BCUT2D eigenvalue weighted by molar-refractivity contribution is 0.200. The molecule has 2 amide bonds. The molecule has 1 atom stereocenters. The van der Waals surface area contributed by atoms with Crippen molar-refractivity contribution in [2.45, 2.75) is 32.7 Å². The van der Waals surface area contributed by atoms with Gasteiger partial charge >= 0.3 is 6.03 Å². The van der Waals surface area contributed by atoms with Crippen LogP contribution in [0.25, 0.3) is 5.57 Å². The average Bonchev–Trinajstić information content (AvgIpc) is 3.02. The summed E-state index contributed by atoms with van der Waals surface area (Å²) in [5.74, 6) is 1.24. The van der Waals surface area contributed by atoms with Crippen LogP contribution in [-0.2, 0) is 6.42 Å². The highest BCUT2D eigenvalue weighted by atomic mass is 16.2. The summed E-state index contributed by atoms with van der Waals surface area (Å²) in [7, 11) is 2.14. The summed E-state index contributed by atoms with van der Waals surface area (Å²) in [6, 6.07) is 0.0499. The number of urea groups is 1. The zero-order chi connectivity index (χ0) is 17.1. The van der Waals surface area contributed by atoms with Gasteiger partial charge in [0, 0.05) is 57.1 Å². The first kappa shape index (κ1) is 16.9. The standard InChI is InChI=1S/C18H29N5O/c1-4-23(5-2)18(24)21-14-9-13(10-19-11-14)16-12-20-17-15(16)7-6-8-22(17)3/h9,12,14,19-20H,4-8,10-11H2,1-3H3,(H,21,24)/t14-/m0/s1. The fourth-order valence-electron chi connectivity index (χ4n) is 3.69. The van der Waals surface area contributed by atoms with Crippen molar-refractivity contribution in [3.63, 3.8) is 0 Å². The quantitative estimate of drug-likeness (QED) is 0.788. The number of H-pyrrole nitrogens is 1. The van der Waals surface area contributed by atoms with E-state index in [1.54, 1.807) is 0 Å². The van der Waals surface area contributed by atoms with Gasteiger partial charge in [0.25, 0.3) is 0 Å². The van der Waals surface area contributed by atoms with Crippen LogP contribution in [0.1, 0.15) is 31.4 Å². The van der Waals surface area contributed by atoms with Crippen LogP contribution in [0.4, 0.5) is 10.6 Å². The van der Waals surface area contributed by atoms with Crippen molar-refractivity contribution in [2.75, 3.05) is 44.7 Å². The van der Waals surface area contributed by atoms with Crippen LogP contribution < -0.4 is 15.5 Å². The van der Waals surface area contributed by atoms with Gasteiger partial charge in [0.1, 0.15) is 5.82 Å². The number of amides is 2. The molecule has 0 fully saturated rings. The number of rotatable bonds is 4. The molecule has 6 heteroatoms. The van der Waals surface area contributed by atoms with E-state index in [9.17, 15) is 4.79 Å². The topological polar surface area (TPSA) is 63.4 Å². The predicted octanol–water partition coefficient (Wildman–Crippen LogP) is 1.80. The van der Waals surface area contributed by atoms with Gasteiger partial charge < -0.3 is 25.4 Å². The van der Waals surface area contributed by atoms with Crippen molar-refractivity contribution in [2.24, 2.45) is 0 Å². The second-order valence-electron chi connectivity index (χ2n) is 6.61. The third-order valence-corrected chi connectivity index (χ3v) is 5.05. The lowest BCUT2D eigenvalue weighted by Crippen LogP contribution is -2.49. The van der Waals surface area contributed by atoms with E-state index in [1.165, 1.54) is 28.9 Å². The number of anilines is 1. The van der Waals surface area contributed by atoms with Gasteiger partial charge in [-0.2, -0.15) is 0 Å². The molecular weight excluding hydrogens is 302 g/mol. The van der Waals surface area contributed by atoms with Crippen LogP contribution in [0.3, 0.4) is 0 Å². The first-order valence-corrected chi connectivity index (χ1v) is 9.02. The van der Waals surface area contributed by atoms with Crippen molar-refractivity contribution < 1.29 is 4.79 Å². The molecule has 2 aliphatic rings. The van der Waals surface area contributed by atoms with Gasteiger partial charge in [-0.15, -0.1) is 0 Å². The number of hydrogen-bond acceptors (Lipinski definition) is 3. The molecule has 6 nitrogen and oxygen atoms in total. The van der Waals surface area contributed by atoms with Crippen molar-refractivity contribution in [3.8, 4) is 0 Å². The molecule has 3 N–H and O–H groups in total. The predicted molar refractivity (Wildman–Crippen MR) is 98.5 cm³/mol. The molecule has 0 radical (unpaired) electrons. The zero-order valence-electron chi connectivity index (χ0n) is 15.0. The SMILES string of the molecule is CCN(CC)C(=O)N[C@H]1C=C(c2c[nH]c3c2CCCN3C)CNC1. The normalized spacial score (nSPS) is 20.4. The maximum Gasteiger partial charge on any atom is 0.317 e. The Bertz CT molecular complexity index is 617. The molecule has 132 valence electrons. The van der Waals surface area contributed by atoms with Crippen molar-refractivity contribution in [1.82, 2.24) is 20.5 Å². The molecule has 0 aliphatic carbocycles. The Balaban J connectivity index is 1.77. The maximum absolute atomic E-state index is 12.3. The molecular formula is C18H29N5O. The number of nitrogens with zero attached hydrogens (tertiary/aromatic N) is 2. The molecule has 2 aliphatic heterocycles. The summed E-state index contributed by atoms with van der Waals surface area (Å²) in [5.41, 5.74) is 3.98. The number of aromatic amines is 1. The van der Waals surface area contributed by atoms with E-state index >= 15 is 0 Å². The van der Waals surface area contributed by atoms with E-state index in [0.29, 0.717) is 0 Å². The molecule has 1 aromatic heterocycles. The highest BCUT2D eigenvalue weighted by Crippen LogP contribution is 2.32. The Kier molecular flexibility index (Phi) is 5.14. The number of aromatic nitrogens is 1. The Morgan fingerprint density at radius 1 is 1.42 bits per heavy atom. The highest BCUT2D eigenvalue weighted by Gasteiger charge is 2.24. The lowest BCUT2D eigenvalue weighted by atomic mass is 9.95. The van der Waals surface area contributed by atoms with Gasteiger partial charge in [-0.1, -0.05) is 6.08 Å². The van der Waals surface area contributed by atoms with Gasteiger partial charge in [0.05, 0.1) is 6.04 Å². The largest absolute Gasteiger partial charge is 0.361 e. The fraction of sp³-hybridized carbons (Fsp3) is 0.611. The fourth-order valence-corrected chi connectivity index (χ4v) is 3.69. The van der Waals surface area contributed by atoms with Crippen LogP contribution in [0.2, 0.25) is 0 Å². The number of carbonyl (C=O) groups excluding carboxylic acids is 1. The molecule has 0 bridgehead atoms. The van der Waals surface area contributed by atoms with Crippen LogP contribution in [-0.4, -0.2) is 61.7 Å². The lowest BCUT2D eigenvalue weighted by Gasteiger charge is -2.28. The molecule has 3 heterocycles. The van der Waals surface area contributed by atoms with Crippen molar-refractivity contribution >= 4 is 17.4 Å². The van der Waals surface area contributed by atoms with Gasteiger partial charge in [-0.3, -0.25) is 0 Å². The molecule has 3 rings (SSSR count).